The van der Waals surface area contributed by atoms with Gasteiger partial charge in [0.2, 0.25) is 0 Å². The van der Waals surface area contributed by atoms with Crippen LogP contribution in [0.25, 0.3) is 0 Å². The van der Waals surface area contributed by atoms with E-state index in [9.17, 15) is 0 Å². The number of nitrogens with one attached hydrogen (secondary N) is 1. The Morgan fingerprint density at radius 2 is 2.11 bits per heavy atom. The Balaban J connectivity index is 2.44. The van der Waals surface area contributed by atoms with Crippen molar-refractivity contribution in [1.29, 1.82) is 0 Å². The molecule has 0 amide bonds. The Labute approximate surface area is 118 Å². The summed E-state index contributed by atoms with van der Waals surface area (Å²) in [7, 11) is 4.18. The molecular formula is C15H30N4. The molecule has 0 radical (unpaired) electrons. The highest BCUT2D eigenvalue weighted by Gasteiger charge is 2.14. The molecule has 1 heterocycles. The predicted molar refractivity (Wildman–Crippen MR) is 81.1 cm³/mol. The van der Waals surface area contributed by atoms with E-state index in [0.29, 0.717) is 12.0 Å². The summed E-state index contributed by atoms with van der Waals surface area (Å²) in [6, 6.07) is 0.601. The molecule has 19 heavy (non-hydrogen) atoms. The van der Waals surface area contributed by atoms with Crippen molar-refractivity contribution in [1.82, 2.24) is 20.0 Å². The van der Waals surface area contributed by atoms with Gasteiger partial charge in [0.25, 0.3) is 0 Å². The summed E-state index contributed by atoms with van der Waals surface area (Å²) in [5.41, 5.74) is 1.29. The maximum atomic E-state index is 4.23. The molecule has 1 aromatic rings. The number of aryl methyl sites for hydroxylation is 1. The molecule has 1 rings (SSSR count). The quantitative estimate of drug-likeness (QED) is 0.744. The van der Waals surface area contributed by atoms with E-state index in [1.165, 1.54) is 18.4 Å². The lowest BCUT2D eigenvalue weighted by molar-refractivity contribution is 0.213. The van der Waals surface area contributed by atoms with Gasteiger partial charge < -0.3 is 5.32 Å². The van der Waals surface area contributed by atoms with Gasteiger partial charge in [-0.2, -0.15) is 5.10 Å². The van der Waals surface area contributed by atoms with E-state index in [-0.39, 0.29) is 0 Å². The maximum Gasteiger partial charge on any atom is 0.0534 e. The van der Waals surface area contributed by atoms with Gasteiger partial charge >= 0.3 is 0 Å². The number of hydrogen-bond donors (Lipinski definition) is 1. The van der Waals surface area contributed by atoms with E-state index in [0.717, 1.165) is 19.6 Å². The lowest BCUT2D eigenvalue weighted by atomic mass is 10.1. The normalized spacial score (nSPS) is 13.4. The number of nitrogens with zero attached hydrogens (tertiary/aromatic N) is 3. The average Bonchev–Trinajstić information content (AvgIpc) is 2.73. The van der Waals surface area contributed by atoms with Gasteiger partial charge in [0, 0.05) is 37.9 Å². The lowest BCUT2D eigenvalue weighted by Crippen LogP contribution is -2.40. The van der Waals surface area contributed by atoms with Gasteiger partial charge in [-0.15, -0.1) is 0 Å². The smallest absolute Gasteiger partial charge is 0.0534 e. The molecule has 1 atom stereocenters. The van der Waals surface area contributed by atoms with Crippen molar-refractivity contribution in [2.75, 3.05) is 20.1 Å². The zero-order chi connectivity index (χ0) is 14.3. The highest BCUT2D eigenvalue weighted by molar-refractivity contribution is 5.03. The molecule has 1 aromatic heterocycles. The van der Waals surface area contributed by atoms with Crippen molar-refractivity contribution in [3.05, 3.63) is 18.0 Å². The van der Waals surface area contributed by atoms with Gasteiger partial charge in [0.05, 0.1) is 6.20 Å². The van der Waals surface area contributed by atoms with Crippen LogP contribution in [0, 0.1) is 5.92 Å². The lowest BCUT2D eigenvalue weighted by Gasteiger charge is -2.28. The standard InChI is InChI=1S/C15H30N4/c1-6-7-15(10-16-8-13(2)3)18(4)11-14-9-17-19(5)12-14/h9,12-13,15-16H,6-8,10-11H2,1-5H3. The number of likely N-dealkylation sites (N-methyl/N-ethyl adjacent to an activating group) is 1. The van der Waals surface area contributed by atoms with E-state index in [4.69, 9.17) is 0 Å². The SMILES string of the molecule is CCCC(CNCC(C)C)N(C)Cc1cnn(C)c1. The van der Waals surface area contributed by atoms with Gasteiger partial charge in [-0.1, -0.05) is 27.2 Å². The molecular weight excluding hydrogens is 236 g/mol. The van der Waals surface area contributed by atoms with Crippen LogP contribution in [0.4, 0.5) is 0 Å². The zero-order valence-electron chi connectivity index (χ0n) is 13.2. The minimum Gasteiger partial charge on any atom is -0.315 e. The highest BCUT2D eigenvalue weighted by atomic mass is 15.2. The van der Waals surface area contributed by atoms with Gasteiger partial charge in [0.1, 0.15) is 0 Å². The van der Waals surface area contributed by atoms with E-state index in [1.807, 2.05) is 17.9 Å². The Morgan fingerprint density at radius 1 is 1.37 bits per heavy atom. The first-order chi connectivity index (χ1) is 9.02. The van der Waals surface area contributed by atoms with E-state index in [1.54, 1.807) is 0 Å². The van der Waals surface area contributed by atoms with E-state index < -0.39 is 0 Å². The molecule has 0 aromatic carbocycles. The van der Waals surface area contributed by atoms with Crippen LogP contribution in [-0.4, -0.2) is 40.9 Å². The van der Waals surface area contributed by atoms with Crippen LogP contribution in [0.1, 0.15) is 39.2 Å². The summed E-state index contributed by atoms with van der Waals surface area (Å²) in [5.74, 6) is 0.714. The van der Waals surface area contributed by atoms with Crippen molar-refractivity contribution in [3.8, 4) is 0 Å². The van der Waals surface area contributed by atoms with Crippen molar-refractivity contribution in [3.63, 3.8) is 0 Å². The minimum absolute atomic E-state index is 0.601. The van der Waals surface area contributed by atoms with Crippen molar-refractivity contribution >= 4 is 0 Å². The van der Waals surface area contributed by atoms with Crippen molar-refractivity contribution in [2.24, 2.45) is 13.0 Å². The number of rotatable bonds is 9. The van der Waals surface area contributed by atoms with Crippen LogP contribution in [-0.2, 0) is 13.6 Å². The Hall–Kier alpha value is -0.870. The fraction of sp³-hybridized carbons (Fsp3) is 0.800. The van der Waals surface area contributed by atoms with Crippen LogP contribution < -0.4 is 5.32 Å². The summed E-state index contributed by atoms with van der Waals surface area (Å²) in [4.78, 5) is 2.44. The first kappa shape index (κ1) is 16.2. The molecule has 0 spiro atoms. The minimum atomic E-state index is 0.601. The Bertz CT molecular complexity index is 346. The average molecular weight is 266 g/mol. The van der Waals surface area contributed by atoms with E-state index >= 15 is 0 Å². The Morgan fingerprint density at radius 3 is 2.63 bits per heavy atom. The second kappa shape index (κ2) is 8.33. The van der Waals surface area contributed by atoms with Crippen LogP contribution in [0.2, 0.25) is 0 Å². The summed E-state index contributed by atoms with van der Waals surface area (Å²) >= 11 is 0. The second-order valence-electron chi connectivity index (χ2n) is 5.93. The summed E-state index contributed by atoms with van der Waals surface area (Å²) in [5, 5.41) is 7.81. The summed E-state index contributed by atoms with van der Waals surface area (Å²) in [6.45, 7) is 9.90. The van der Waals surface area contributed by atoms with E-state index in [2.05, 4.69) is 49.3 Å². The van der Waals surface area contributed by atoms with Crippen LogP contribution in [0.5, 0.6) is 0 Å². The molecule has 0 aliphatic rings. The van der Waals surface area contributed by atoms with Crippen molar-refractivity contribution < 1.29 is 0 Å². The molecule has 1 N–H and O–H groups in total. The molecule has 4 heteroatoms. The van der Waals surface area contributed by atoms with Gasteiger partial charge in [0.15, 0.2) is 0 Å². The molecule has 4 nitrogen and oxygen atoms in total. The molecule has 0 saturated carbocycles. The topological polar surface area (TPSA) is 33.1 Å². The Kier molecular flexibility index (Phi) is 7.10. The third-order valence-electron chi connectivity index (χ3n) is 3.37. The number of hydrogen-bond acceptors (Lipinski definition) is 3. The molecule has 0 fully saturated rings. The molecule has 1 unspecified atom stereocenters. The van der Waals surface area contributed by atoms with Gasteiger partial charge in [-0.3, -0.25) is 9.58 Å². The molecule has 0 bridgehead atoms. The van der Waals surface area contributed by atoms with Crippen molar-refractivity contribution in [2.45, 2.75) is 46.2 Å². The zero-order valence-corrected chi connectivity index (χ0v) is 13.2. The summed E-state index contributed by atoms with van der Waals surface area (Å²) < 4.78 is 1.87. The van der Waals surface area contributed by atoms with Crippen LogP contribution >= 0.6 is 0 Å². The first-order valence-corrected chi connectivity index (χ1v) is 7.41. The molecule has 0 saturated heterocycles. The third-order valence-corrected chi connectivity index (χ3v) is 3.37. The third kappa shape index (κ3) is 6.21. The number of aromatic nitrogens is 2. The fourth-order valence-electron chi connectivity index (χ4n) is 2.32. The molecule has 0 aliphatic heterocycles. The van der Waals surface area contributed by atoms with Crippen LogP contribution in [0.3, 0.4) is 0 Å². The summed E-state index contributed by atoms with van der Waals surface area (Å²) in [6.07, 6.45) is 6.52. The first-order valence-electron chi connectivity index (χ1n) is 7.41. The van der Waals surface area contributed by atoms with Gasteiger partial charge in [-0.05, 0) is 25.9 Å². The highest BCUT2D eigenvalue weighted by Crippen LogP contribution is 2.09. The molecule has 0 aliphatic carbocycles. The molecule has 110 valence electrons. The van der Waals surface area contributed by atoms with Crippen LogP contribution in [0.15, 0.2) is 12.4 Å². The monoisotopic (exact) mass is 266 g/mol. The maximum absolute atomic E-state index is 4.23. The fourth-order valence-corrected chi connectivity index (χ4v) is 2.32. The largest absolute Gasteiger partial charge is 0.315 e. The van der Waals surface area contributed by atoms with Gasteiger partial charge in [-0.25, -0.2) is 0 Å². The second-order valence-corrected chi connectivity index (χ2v) is 5.93. The predicted octanol–water partition coefficient (Wildman–Crippen LogP) is 2.27.